The molecule has 0 fully saturated rings. The van der Waals surface area contributed by atoms with Crippen LogP contribution in [0, 0.1) is 27.2 Å². The van der Waals surface area contributed by atoms with Gasteiger partial charge in [-0.15, -0.1) is 0 Å². The van der Waals surface area contributed by atoms with Crippen LogP contribution in [0.4, 0.5) is 11.4 Å². The average molecular weight is 312 g/mol. The SMILES string of the molecule is Cc1cc2c(c([N+](=O)[O-])c1)C(=O)c1cccc([N+](=O)[O-])c1C2=O. The van der Waals surface area contributed by atoms with Gasteiger partial charge in [0.1, 0.15) is 11.1 Å². The first-order chi connectivity index (χ1) is 10.8. The van der Waals surface area contributed by atoms with Crippen molar-refractivity contribution in [3.63, 3.8) is 0 Å². The number of hydrogen-bond acceptors (Lipinski definition) is 6. The molecule has 1 aliphatic rings. The molecule has 8 nitrogen and oxygen atoms in total. The Labute approximate surface area is 128 Å². The van der Waals surface area contributed by atoms with Crippen LogP contribution in [0.5, 0.6) is 0 Å². The third-order valence-electron chi connectivity index (χ3n) is 3.64. The standard InChI is InChI=1S/C15H8N2O6/c1-7-5-9-13(11(6-7)17(22)23)14(18)8-3-2-4-10(16(20)21)12(8)15(9)19/h2-6H,1H3. The van der Waals surface area contributed by atoms with Crippen molar-refractivity contribution in [1.82, 2.24) is 0 Å². The molecule has 23 heavy (non-hydrogen) atoms. The van der Waals surface area contributed by atoms with Gasteiger partial charge in [0, 0.05) is 23.3 Å². The van der Waals surface area contributed by atoms with Crippen LogP contribution in [0.1, 0.15) is 37.4 Å². The molecule has 0 bridgehead atoms. The highest BCUT2D eigenvalue weighted by atomic mass is 16.6. The first-order valence-electron chi connectivity index (χ1n) is 6.48. The van der Waals surface area contributed by atoms with Crippen LogP contribution >= 0.6 is 0 Å². The number of carbonyl (C=O) groups is 2. The Morgan fingerprint density at radius 3 is 2.00 bits per heavy atom. The van der Waals surface area contributed by atoms with Gasteiger partial charge in [-0.25, -0.2) is 0 Å². The van der Waals surface area contributed by atoms with Gasteiger partial charge >= 0.3 is 0 Å². The summed E-state index contributed by atoms with van der Waals surface area (Å²) < 4.78 is 0. The molecule has 0 radical (unpaired) electrons. The van der Waals surface area contributed by atoms with Gasteiger partial charge < -0.3 is 0 Å². The Morgan fingerprint density at radius 1 is 0.826 bits per heavy atom. The lowest BCUT2D eigenvalue weighted by Gasteiger charge is -2.17. The summed E-state index contributed by atoms with van der Waals surface area (Å²) in [6, 6.07) is 6.19. The smallest absolute Gasteiger partial charge is 0.281 e. The molecule has 0 heterocycles. The molecule has 0 N–H and O–H groups in total. The van der Waals surface area contributed by atoms with E-state index in [4.69, 9.17) is 0 Å². The van der Waals surface area contributed by atoms with Crippen molar-refractivity contribution in [1.29, 1.82) is 0 Å². The van der Waals surface area contributed by atoms with E-state index in [-0.39, 0.29) is 22.3 Å². The second-order valence-corrected chi connectivity index (χ2v) is 5.08. The fourth-order valence-electron chi connectivity index (χ4n) is 2.72. The molecule has 1 aliphatic carbocycles. The first-order valence-corrected chi connectivity index (χ1v) is 6.48. The maximum Gasteiger partial charge on any atom is 0.281 e. The number of hydrogen-bond donors (Lipinski definition) is 0. The Bertz CT molecular complexity index is 932. The lowest BCUT2D eigenvalue weighted by molar-refractivity contribution is -0.385. The van der Waals surface area contributed by atoms with E-state index in [1.165, 1.54) is 24.3 Å². The van der Waals surface area contributed by atoms with Gasteiger partial charge in [-0.2, -0.15) is 0 Å². The van der Waals surface area contributed by atoms with Crippen molar-refractivity contribution in [2.75, 3.05) is 0 Å². The zero-order chi connectivity index (χ0) is 16.9. The first kappa shape index (κ1) is 14.5. The Hall–Kier alpha value is -3.42. The van der Waals surface area contributed by atoms with Crippen LogP contribution in [-0.4, -0.2) is 21.4 Å². The minimum atomic E-state index is -0.759. The van der Waals surface area contributed by atoms with Crippen molar-refractivity contribution in [2.45, 2.75) is 6.92 Å². The van der Waals surface area contributed by atoms with Crippen molar-refractivity contribution in [3.05, 3.63) is 78.4 Å². The Kier molecular flexibility index (Phi) is 3.03. The number of ketones is 2. The van der Waals surface area contributed by atoms with Gasteiger partial charge in [-0.1, -0.05) is 6.07 Å². The predicted octanol–water partition coefficient (Wildman–Crippen LogP) is 2.59. The number of nitro benzene ring substituents is 2. The normalized spacial score (nSPS) is 12.6. The summed E-state index contributed by atoms with van der Waals surface area (Å²) in [5, 5.41) is 22.3. The topological polar surface area (TPSA) is 120 Å². The number of benzene rings is 2. The maximum absolute atomic E-state index is 12.6. The van der Waals surface area contributed by atoms with Crippen LogP contribution in [0.2, 0.25) is 0 Å². The fourth-order valence-corrected chi connectivity index (χ4v) is 2.72. The van der Waals surface area contributed by atoms with Crippen LogP contribution in [-0.2, 0) is 0 Å². The van der Waals surface area contributed by atoms with E-state index in [1.54, 1.807) is 6.92 Å². The molecule has 0 spiro atoms. The highest BCUT2D eigenvalue weighted by Crippen LogP contribution is 2.37. The second kappa shape index (κ2) is 4.80. The van der Waals surface area contributed by atoms with Crippen LogP contribution < -0.4 is 0 Å². The highest BCUT2D eigenvalue weighted by Gasteiger charge is 2.39. The minimum absolute atomic E-state index is 0.177. The molecule has 0 saturated heterocycles. The van der Waals surface area contributed by atoms with E-state index >= 15 is 0 Å². The number of fused-ring (bicyclic) bond motifs is 2. The number of carbonyl (C=O) groups excluding carboxylic acids is 2. The number of aryl methyl sites for hydroxylation is 1. The summed E-state index contributed by atoms with van der Waals surface area (Å²) in [6.45, 7) is 1.54. The molecule has 8 heteroatoms. The molecular weight excluding hydrogens is 304 g/mol. The van der Waals surface area contributed by atoms with Crippen molar-refractivity contribution >= 4 is 22.9 Å². The quantitative estimate of drug-likeness (QED) is 0.529. The molecule has 0 unspecified atom stereocenters. The van der Waals surface area contributed by atoms with Crippen molar-refractivity contribution in [3.8, 4) is 0 Å². The van der Waals surface area contributed by atoms with E-state index in [1.807, 2.05) is 0 Å². The van der Waals surface area contributed by atoms with E-state index in [2.05, 4.69) is 0 Å². The van der Waals surface area contributed by atoms with Crippen molar-refractivity contribution < 1.29 is 19.4 Å². The van der Waals surface area contributed by atoms with Crippen LogP contribution in [0.15, 0.2) is 30.3 Å². The minimum Gasteiger partial charge on any atom is -0.288 e. The number of rotatable bonds is 2. The highest BCUT2D eigenvalue weighted by molar-refractivity contribution is 6.31. The Morgan fingerprint density at radius 2 is 1.39 bits per heavy atom. The van der Waals surface area contributed by atoms with Gasteiger partial charge in [0.2, 0.25) is 11.6 Å². The van der Waals surface area contributed by atoms with Crippen molar-refractivity contribution in [2.24, 2.45) is 0 Å². The zero-order valence-electron chi connectivity index (χ0n) is 11.7. The maximum atomic E-state index is 12.6. The summed E-state index contributed by atoms with van der Waals surface area (Å²) >= 11 is 0. The molecule has 0 amide bonds. The Balaban J connectivity index is 2.40. The molecule has 0 aromatic heterocycles. The second-order valence-electron chi connectivity index (χ2n) is 5.08. The fraction of sp³-hybridized carbons (Fsp3) is 0.0667. The number of nitrogens with zero attached hydrogens (tertiary/aromatic N) is 2. The molecule has 2 aromatic rings. The van der Waals surface area contributed by atoms with Crippen LogP contribution in [0.25, 0.3) is 0 Å². The third kappa shape index (κ3) is 2.00. The largest absolute Gasteiger partial charge is 0.288 e. The van der Waals surface area contributed by atoms with E-state index in [0.29, 0.717) is 5.56 Å². The molecular formula is C15H8N2O6. The van der Waals surface area contributed by atoms with Gasteiger partial charge in [-0.05, 0) is 24.6 Å². The van der Waals surface area contributed by atoms with Gasteiger partial charge in [0.05, 0.1) is 9.85 Å². The van der Waals surface area contributed by atoms with E-state index in [9.17, 15) is 29.8 Å². The lowest BCUT2D eigenvalue weighted by Crippen LogP contribution is -2.23. The van der Waals surface area contributed by atoms with E-state index in [0.717, 1.165) is 6.07 Å². The zero-order valence-corrected chi connectivity index (χ0v) is 11.7. The average Bonchev–Trinajstić information content (AvgIpc) is 2.50. The van der Waals surface area contributed by atoms with E-state index < -0.39 is 32.8 Å². The summed E-state index contributed by atoms with van der Waals surface area (Å²) in [7, 11) is 0. The predicted molar refractivity (Wildman–Crippen MR) is 77.8 cm³/mol. The van der Waals surface area contributed by atoms with Gasteiger partial charge in [-0.3, -0.25) is 29.8 Å². The molecule has 2 aromatic carbocycles. The summed E-state index contributed by atoms with van der Waals surface area (Å²) in [5.74, 6) is -1.52. The molecule has 0 aliphatic heterocycles. The number of nitro groups is 2. The summed E-state index contributed by atoms with van der Waals surface area (Å²) in [6.07, 6.45) is 0. The van der Waals surface area contributed by atoms with Crippen LogP contribution in [0.3, 0.4) is 0 Å². The molecule has 0 saturated carbocycles. The monoisotopic (exact) mass is 312 g/mol. The third-order valence-corrected chi connectivity index (χ3v) is 3.64. The summed E-state index contributed by atoms with van der Waals surface area (Å²) in [4.78, 5) is 46.0. The van der Waals surface area contributed by atoms with Gasteiger partial charge in [0.15, 0.2) is 0 Å². The lowest BCUT2D eigenvalue weighted by atomic mass is 9.81. The molecule has 3 rings (SSSR count). The molecule has 0 atom stereocenters. The van der Waals surface area contributed by atoms with Gasteiger partial charge in [0.25, 0.3) is 11.4 Å². The summed E-state index contributed by atoms with van der Waals surface area (Å²) in [5.41, 5.74) is -1.56. The molecule has 114 valence electrons.